The lowest BCUT2D eigenvalue weighted by Crippen LogP contribution is -2.45. The van der Waals surface area contributed by atoms with Crippen LogP contribution in [0.2, 0.25) is 0 Å². The lowest BCUT2D eigenvalue weighted by Gasteiger charge is -2.53. The second-order valence-electron chi connectivity index (χ2n) is 10.9. The molecule has 4 atom stereocenters. The van der Waals surface area contributed by atoms with Crippen molar-refractivity contribution < 1.29 is 14.7 Å². The fourth-order valence-corrected chi connectivity index (χ4v) is 7.74. The van der Waals surface area contributed by atoms with Crippen LogP contribution in [0.25, 0.3) is 0 Å². The first-order valence-electron chi connectivity index (χ1n) is 13.0. The maximum absolute atomic E-state index is 11.0. The molecule has 0 aromatic rings. The van der Waals surface area contributed by atoms with Crippen molar-refractivity contribution >= 4 is 11.7 Å². The topological polar surface area (TPSA) is 106 Å². The Balaban J connectivity index is 1.52. The molecule has 0 amide bonds. The van der Waals surface area contributed by atoms with E-state index in [1.165, 1.54) is 18.4 Å². The van der Waals surface area contributed by atoms with E-state index in [0.717, 1.165) is 57.1 Å². The molecule has 0 heterocycles. The van der Waals surface area contributed by atoms with Gasteiger partial charge < -0.3 is 9.94 Å². The van der Waals surface area contributed by atoms with E-state index < -0.39 is 5.97 Å². The predicted octanol–water partition coefficient (Wildman–Crippen LogP) is 6.45. The number of hydrogen-bond acceptors (Lipinski definition) is 5. The Hall–Kier alpha value is -2.60. The van der Waals surface area contributed by atoms with E-state index in [1.807, 2.05) is 0 Å². The fraction of sp³-hybridized carbons (Fsp3) is 0.714. The first-order chi connectivity index (χ1) is 16.4. The van der Waals surface area contributed by atoms with E-state index in [9.17, 15) is 10.1 Å². The number of hydrogen-bond donors (Lipinski definition) is 1. The molecule has 2 unspecified atom stereocenters. The van der Waals surface area contributed by atoms with Gasteiger partial charge in [0.25, 0.3) is 0 Å². The third-order valence-corrected chi connectivity index (χ3v) is 9.48. The highest BCUT2D eigenvalue weighted by Crippen LogP contribution is 2.69. The quantitative estimate of drug-likeness (QED) is 0.312. The van der Waals surface area contributed by atoms with Crippen LogP contribution in [-0.2, 0) is 9.63 Å². The summed E-state index contributed by atoms with van der Waals surface area (Å²) >= 11 is 0. The first-order valence-corrected chi connectivity index (χ1v) is 13.0. The summed E-state index contributed by atoms with van der Waals surface area (Å²) in [5.74, 6) is 0.526. The highest BCUT2D eigenvalue weighted by molar-refractivity contribution is 5.97. The Morgan fingerprint density at radius 2 is 2.03 bits per heavy atom. The summed E-state index contributed by atoms with van der Waals surface area (Å²) in [5, 5.41) is 31.7. The van der Waals surface area contributed by atoms with Crippen LogP contribution in [0.15, 0.2) is 28.0 Å². The van der Waals surface area contributed by atoms with Crippen molar-refractivity contribution in [2.75, 3.05) is 6.61 Å². The van der Waals surface area contributed by atoms with Gasteiger partial charge in [-0.3, -0.25) is 4.79 Å². The highest BCUT2D eigenvalue weighted by Gasteiger charge is 2.60. The van der Waals surface area contributed by atoms with Crippen LogP contribution in [0.3, 0.4) is 0 Å². The van der Waals surface area contributed by atoms with E-state index >= 15 is 0 Å². The summed E-state index contributed by atoms with van der Waals surface area (Å²) in [6.07, 6.45) is 14.7. The van der Waals surface area contributed by atoms with Gasteiger partial charge in [-0.2, -0.15) is 10.5 Å². The van der Waals surface area contributed by atoms with Crippen LogP contribution in [0.5, 0.6) is 0 Å². The fourth-order valence-electron chi connectivity index (χ4n) is 7.74. The molecule has 34 heavy (non-hydrogen) atoms. The summed E-state index contributed by atoms with van der Waals surface area (Å²) < 4.78 is 0. The molecule has 0 radical (unpaired) electrons. The number of oxime groups is 1. The summed E-state index contributed by atoms with van der Waals surface area (Å²) in [4.78, 5) is 16.3. The van der Waals surface area contributed by atoms with Crippen molar-refractivity contribution in [2.24, 2.45) is 27.8 Å². The SMILES string of the molecule is C[C@]12CCC3=C4CCC(=NOCCC#N)C=C4CCC3C1CC[C@]2(CC#N)CCCCC(=O)O. The van der Waals surface area contributed by atoms with Crippen LogP contribution < -0.4 is 0 Å². The van der Waals surface area contributed by atoms with Crippen LogP contribution in [0.1, 0.15) is 96.8 Å². The summed E-state index contributed by atoms with van der Waals surface area (Å²) in [5.41, 5.74) is 5.85. The van der Waals surface area contributed by atoms with Gasteiger partial charge in [0.15, 0.2) is 0 Å². The lowest BCUT2D eigenvalue weighted by molar-refractivity contribution is -0.137. The Bertz CT molecular complexity index is 982. The minimum Gasteiger partial charge on any atom is -0.481 e. The molecule has 0 aromatic carbocycles. The van der Waals surface area contributed by atoms with Gasteiger partial charge in [-0.15, -0.1) is 0 Å². The number of aliphatic carboxylic acids is 1. The number of nitriles is 2. The van der Waals surface area contributed by atoms with E-state index in [2.05, 4.69) is 30.3 Å². The van der Waals surface area contributed by atoms with Crippen LogP contribution in [-0.4, -0.2) is 23.4 Å². The monoisotopic (exact) mass is 463 g/mol. The number of carbonyl (C=O) groups is 1. The maximum Gasteiger partial charge on any atom is 0.303 e. The smallest absolute Gasteiger partial charge is 0.303 e. The van der Waals surface area contributed by atoms with Crippen molar-refractivity contribution in [1.82, 2.24) is 0 Å². The summed E-state index contributed by atoms with van der Waals surface area (Å²) in [7, 11) is 0. The molecule has 0 bridgehead atoms. The second-order valence-corrected chi connectivity index (χ2v) is 10.9. The summed E-state index contributed by atoms with van der Waals surface area (Å²) in [6, 6.07) is 4.60. The average Bonchev–Trinajstić information content (AvgIpc) is 3.11. The third kappa shape index (κ3) is 4.52. The van der Waals surface area contributed by atoms with Crippen molar-refractivity contribution in [1.29, 1.82) is 10.5 Å². The largest absolute Gasteiger partial charge is 0.481 e. The van der Waals surface area contributed by atoms with Gasteiger partial charge >= 0.3 is 5.97 Å². The molecule has 4 aliphatic carbocycles. The van der Waals surface area contributed by atoms with Gasteiger partial charge in [-0.1, -0.05) is 24.1 Å². The Labute approximate surface area is 203 Å². The molecule has 0 aromatic heterocycles. The minimum atomic E-state index is -0.723. The predicted molar refractivity (Wildman–Crippen MR) is 130 cm³/mol. The molecular weight excluding hydrogens is 426 g/mol. The molecule has 0 spiro atoms. The zero-order chi connectivity index (χ0) is 24.2. The van der Waals surface area contributed by atoms with Crippen molar-refractivity contribution in [3.63, 3.8) is 0 Å². The van der Waals surface area contributed by atoms with Crippen molar-refractivity contribution in [2.45, 2.75) is 96.8 Å². The van der Waals surface area contributed by atoms with Gasteiger partial charge in [-0.05, 0) is 104 Å². The molecule has 0 saturated heterocycles. The van der Waals surface area contributed by atoms with E-state index in [0.29, 0.717) is 37.7 Å². The molecule has 6 heteroatoms. The second kappa shape index (κ2) is 10.3. The van der Waals surface area contributed by atoms with E-state index in [4.69, 9.17) is 15.2 Å². The Morgan fingerprint density at radius 3 is 2.79 bits per heavy atom. The lowest BCUT2D eigenvalue weighted by atomic mass is 9.50. The molecule has 6 nitrogen and oxygen atoms in total. The molecule has 182 valence electrons. The van der Waals surface area contributed by atoms with Crippen molar-refractivity contribution in [3.05, 3.63) is 22.8 Å². The minimum absolute atomic E-state index is 0.0321. The Kier molecular flexibility index (Phi) is 7.46. The van der Waals surface area contributed by atoms with Crippen LogP contribution >= 0.6 is 0 Å². The number of carboxylic acid groups (broad SMARTS) is 1. The third-order valence-electron chi connectivity index (χ3n) is 9.48. The van der Waals surface area contributed by atoms with E-state index in [-0.39, 0.29) is 17.3 Å². The van der Waals surface area contributed by atoms with Crippen LogP contribution in [0.4, 0.5) is 0 Å². The van der Waals surface area contributed by atoms with Crippen molar-refractivity contribution in [3.8, 4) is 12.1 Å². The molecular formula is C28H37N3O3. The number of nitrogens with zero attached hydrogens (tertiary/aromatic N) is 3. The molecule has 2 saturated carbocycles. The molecule has 0 aliphatic heterocycles. The number of rotatable bonds is 9. The zero-order valence-corrected chi connectivity index (χ0v) is 20.4. The van der Waals surface area contributed by atoms with Gasteiger partial charge in [-0.25, -0.2) is 0 Å². The van der Waals surface area contributed by atoms with Gasteiger partial charge in [0, 0.05) is 12.8 Å². The molecule has 4 rings (SSSR count). The van der Waals surface area contributed by atoms with Gasteiger partial charge in [0.1, 0.15) is 6.61 Å². The standard InChI is InChI=1S/C28H37N3O3/c1-27-13-10-23-22-9-7-21(31-34-18-4-16-29)19-20(22)6-8-24(23)25(27)11-14-28(27,15-17-30)12-3-2-5-26(32)33/h19,24-25H,2-15,18H2,1H3,(H,32,33)/t24?,25?,27-,28-/m0/s1. The van der Waals surface area contributed by atoms with Crippen LogP contribution in [0, 0.1) is 45.3 Å². The molecule has 2 fully saturated rings. The normalized spacial score (nSPS) is 33.3. The average molecular weight is 464 g/mol. The van der Waals surface area contributed by atoms with Gasteiger partial charge in [0.05, 0.1) is 24.3 Å². The first kappa shape index (κ1) is 24.5. The summed E-state index contributed by atoms with van der Waals surface area (Å²) in [6.45, 7) is 2.80. The van der Waals surface area contributed by atoms with E-state index in [1.54, 1.807) is 11.1 Å². The number of carboxylic acids is 1. The zero-order valence-electron chi connectivity index (χ0n) is 20.4. The highest BCUT2D eigenvalue weighted by atomic mass is 16.6. The number of allylic oxidation sites excluding steroid dienone is 4. The Morgan fingerprint density at radius 1 is 1.18 bits per heavy atom. The number of fused-ring (bicyclic) bond motifs is 4. The molecule has 4 aliphatic rings. The number of unbranched alkanes of at least 4 members (excludes halogenated alkanes) is 1. The van der Waals surface area contributed by atoms with Gasteiger partial charge in [0.2, 0.25) is 0 Å². The molecule has 1 N–H and O–H groups in total. The maximum atomic E-state index is 11.0.